The summed E-state index contributed by atoms with van der Waals surface area (Å²) < 4.78 is 12.6. The summed E-state index contributed by atoms with van der Waals surface area (Å²) in [5, 5.41) is 16.3. The first-order valence-corrected chi connectivity index (χ1v) is 15.5. The van der Waals surface area contributed by atoms with Crippen LogP contribution in [-0.2, 0) is 12.2 Å². The molecule has 42 heavy (non-hydrogen) atoms. The van der Waals surface area contributed by atoms with Gasteiger partial charge in [0.25, 0.3) is 5.91 Å². The Morgan fingerprint density at radius 3 is 2.62 bits per heavy atom. The summed E-state index contributed by atoms with van der Waals surface area (Å²) >= 11 is 15.8. The smallest absolute Gasteiger partial charge is 0.270 e. The zero-order chi connectivity index (χ0) is 29.6. The SMILES string of the molecule is COc1ccc(CCNC(=O)c2csc(CSc3nnc(-c4ccccc4Cl)n3-c3cc(Cl)ccc3C)n2)cc1OC. The van der Waals surface area contributed by atoms with Gasteiger partial charge in [0.1, 0.15) is 10.7 Å². The maximum atomic E-state index is 12.8. The number of amides is 1. The molecule has 216 valence electrons. The lowest BCUT2D eigenvalue weighted by atomic mass is 10.1. The monoisotopic (exact) mass is 639 g/mol. The third-order valence-electron chi connectivity index (χ3n) is 6.42. The number of thioether (sulfide) groups is 1. The number of aryl methyl sites for hydroxylation is 1. The Bertz CT molecular complexity index is 1720. The summed E-state index contributed by atoms with van der Waals surface area (Å²) in [7, 11) is 3.20. The van der Waals surface area contributed by atoms with E-state index in [1.807, 2.05) is 72.2 Å². The van der Waals surface area contributed by atoms with Gasteiger partial charge >= 0.3 is 0 Å². The zero-order valence-corrected chi connectivity index (χ0v) is 26.2. The van der Waals surface area contributed by atoms with Crippen LogP contribution in [0.1, 0.15) is 26.6 Å². The van der Waals surface area contributed by atoms with E-state index in [1.165, 1.54) is 23.1 Å². The molecule has 0 saturated heterocycles. The molecule has 12 heteroatoms. The lowest BCUT2D eigenvalue weighted by Crippen LogP contribution is -2.26. The van der Waals surface area contributed by atoms with Crippen LogP contribution >= 0.6 is 46.3 Å². The van der Waals surface area contributed by atoms with Crippen molar-refractivity contribution in [2.24, 2.45) is 0 Å². The molecule has 0 bridgehead atoms. The fourth-order valence-corrected chi connectivity index (χ4v) is 6.40. The number of hydrogen-bond acceptors (Lipinski definition) is 8. The molecule has 0 radical (unpaired) electrons. The molecule has 1 N–H and O–H groups in total. The molecular weight excluding hydrogens is 613 g/mol. The number of nitrogens with zero attached hydrogens (tertiary/aromatic N) is 4. The van der Waals surface area contributed by atoms with E-state index < -0.39 is 0 Å². The first kappa shape index (κ1) is 29.9. The van der Waals surface area contributed by atoms with E-state index in [9.17, 15) is 4.79 Å². The van der Waals surface area contributed by atoms with Gasteiger partial charge in [0, 0.05) is 22.5 Å². The van der Waals surface area contributed by atoms with Gasteiger partial charge in [-0.15, -0.1) is 21.5 Å². The number of methoxy groups -OCH3 is 2. The Labute approximate surface area is 262 Å². The molecule has 0 fully saturated rings. The normalized spacial score (nSPS) is 11.0. The molecule has 8 nitrogen and oxygen atoms in total. The number of thiazole rings is 1. The summed E-state index contributed by atoms with van der Waals surface area (Å²) in [6, 6.07) is 18.9. The third kappa shape index (κ3) is 6.73. The fourth-order valence-electron chi connectivity index (χ4n) is 4.28. The van der Waals surface area contributed by atoms with Gasteiger partial charge in [0.05, 0.1) is 30.7 Å². The highest BCUT2D eigenvalue weighted by atomic mass is 35.5. The van der Waals surface area contributed by atoms with Gasteiger partial charge in [-0.3, -0.25) is 9.36 Å². The Balaban J connectivity index is 1.28. The van der Waals surface area contributed by atoms with Gasteiger partial charge in [-0.25, -0.2) is 4.98 Å². The molecule has 0 aliphatic rings. The van der Waals surface area contributed by atoms with Crippen molar-refractivity contribution < 1.29 is 14.3 Å². The van der Waals surface area contributed by atoms with Crippen LogP contribution in [0.2, 0.25) is 10.0 Å². The molecule has 0 unspecified atom stereocenters. The van der Waals surface area contributed by atoms with Crippen LogP contribution in [0.25, 0.3) is 17.1 Å². The van der Waals surface area contributed by atoms with Crippen molar-refractivity contribution in [2.45, 2.75) is 24.3 Å². The zero-order valence-electron chi connectivity index (χ0n) is 23.1. The molecule has 5 aromatic rings. The molecule has 0 spiro atoms. The summed E-state index contributed by atoms with van der Waals surface area (Å²) in [6.07, 6.45) is 0.644. The number of ether oxygens (including phenoxy) is 2. The predicted molar refractivity (Wildman–Crippen MR) is 169 cm³/mol. The van der Waals surface area contributed by atoms with Gasteiger partial charge in [-0.1, -0.05) is 59.2 Å². The Kier molecular flexibility index (Phi) is 9.69. The highest BCUT2D eigenvalue weighted by molar-refractivity contribution is 7.98. The van der Waals surface area contributed by atoms with Crippen LogP contribution in [0.4, 0.5) is 0 Å². The number of nitrogens with one attached hydrogen (secondary N) is 1. The molecule has 0 atom stereocenters. The lowest BCUT2D eigenvalue weighted by Gasteiger charge is -2.14. The minimum absolute atomic E-state index is 0.221. The standard InChI is InChI=1S/C30H27Cl2N5O3S2/c1-18-8-10-20(31)15-24(18)37-28(21-6-4-5-7-22(21)32)35-36-30(37)42-17-27-34-23(16-41-27)29(38)33-13-12-19-9-11-25(39-2)26(14-19)40-3/h4-11,14-16H,12-13,17H2,1-3H3,(H,33,38). The van der Waals surface area contributed by atoms with Crippen molar-refractivity contribution >= 4 is 52.2 Å². The highest BCUT2D eigenvalue weighted by Gasteiger charge is 2.20. The lowest BCUT2D eigenvalue weighted by molar-refractivity contribution is 0.0949. The van der Waals surface area contributed by atoms with Crippen LogP contribution in [0.3, 0.4) is 0 Å². The van der Waals surface area contributed by atoms with E-state index >= 15 is 0 Å². The van der Waals surface area contributed by atoms with Crippen molar-refractivity contribution in [2.75, 3.05) is 20.8 Å². The number of carbonyl (C=O) groups is 1. The van der Waals surface area contributed by atoms with E-state index in [1.54, 1.807) is 19.6 Å². The van der Waals surface area contributed by atoms with Crippen LogP contribution in [0, 0.1) is 6.92 Å². The van der Waals surface area contributed by atoms with Crippen molar-refractivity contribution in [3.63, 3.8) is 0 Å². The maximum Gasteiger partial charge on any atom is 0.270 e. The molecule has 3 aromatic carbocycles. The first-order valence-electron chi connectivity index (χ1n) is 12.9. The van der Waals surface area contributed by atoms with Crippen LogP contribution < -0.4 is 14.8 Å². The topological polar surface area (TPSA) is 91.2 Å². The molecule has 1 amide bonds. The minimum atomic E-state index is -0.221. The summed E-state index contributed by atoms with van der Waals surface area (Å²) in [5.41, 5.74) is 4.04. The fraction of sp³-hybridized carbons (Fsp3) is 0.200. The largest absolute Gasteiger partial charge is 0.493 e. The molecule has 2 aromatic heterocycles. The first-order chi connectivity index (χ1) is 20.4. The van der Waals surface area contributed by atoms with Crippen molar-refractivity contribution in [1.82, 2.24) is 25.1 Å². The van der Waals surface area contributed by atoms with Gasteiger partial charge in [-0.2, -0.15) is 0 Å². The maximum absolute atomic E-state index is 12.8. The quantitative estimate of drug-likeness (QED) is 0.152. The predicted octanol–water partition coefficient (Wildman–Crippen LogP) is 7.29. The van der Waals surface area contributed by atoms with E-state index in [0.717, 1.165) is 27.4 Å². The second-order valence-corrected chi connectivity index (χ2v) is 11.9. The van der Waals surface area contributed by atoms with Crippen molar-refractivity contribution in [3.8, 4) is 28.6 Å². The Morgan fingerprint density at radius 1 is 1.02 bits per heavy atom. The molecular formula is C30H27Cl2N5O3S2. The Morgan fingerprint density at radius 2 is 1.83 bits per heavy atom. The van der Waals surface area contributed by atoms with Crippen LogP contribution in [-0.4, -0.2) is 46.4 Å². The second kappa shape index (κ2) is 13.6. The summed E-state index contributed by atoms with van der Waals surface area (Å²) in [4.78, 5) is 17.3. The van der Waals surface area contributed by atoms with Crippen molar-refractivity contribution in [1.29, 1.82) is 0 Å². The molecule has 0 aliphatic carbocycles. The van der Waals surface area contributed by atoms with Crippen LogP contribution in [0.15, 0.2) is 71.2 Å². The van der Waals surface area contributed by atoms with Crippen molar-refractivity contribution in [3.05, 3.63) is 97.9 Å². The minimum Gasteiger partial charge on any atom is -0.493 e. The van der Waals surface area contributed by atoms with E-state index in [4.69, 9.17) is 32.7 Å². The van der Waals surface area contributed by atoms with Gasteiger partial charge in [0.15, 0.2) is 22.5 Å². The number of aromatic nitrogens is 4. The molecule has 0 saturated carbocycles. The summed E-state index contributed by atoms with van der Waals surface area (Å²) in [5.74, 6) is 2.22. The van der Waals surface area contributed by atoms with E-state index in [0.29, 0.717) is 56.9 Å². The van der Waals surface area contributed by atoms with E-state index in [2.05, 4.69) is 20.5 Å². The van der Waals surface area contributed by atoms with Gasteiger partial charge in [-0.05, 0) is 60.9 Å². The number of halogens is 2. The molecule has 2 heterocycles. The number of benzene rings is 3. The van der Waals surface area contributed by atoms with E-state index in [-0.39, 0.29) is 5.91 Å². The Hall–Kier alpha value is -3.57. The average molecular weight is 641 g/mol. The number of hydrogen-bond donors (Lipinski definition) is 1. The summed E-state index contributed by atoms with van der Waals surface area (Å²) in [6.45, 7) is 2.47. The van der Waals surface area contributed by atoms with Crippen LogP contribution in [0.5, 0.6) is 11.5 Å². The average Bonchev–Trinajstić information content (AvgIpc) is 3.65. The van der Waals surface area contributed by atoms with Gasteiger partial charge in [0.2, 0.25) is 0 Å². The third-order valence-corrected chi connectivity index (χ3v) is 8.95. The number of carbonyl (C=O) groups excluding carboxylic acids is 1. The van der Waals surface area contributed by atoms with Gasteiger partial charge < -0.3 is 14.8 Å². The molecule has 0 aliphatic heterocycles. The molecule has 5 rings (SSSR count). The second-order valence-electron chi connectivity index (χ2n) is 9.16. The number of rotatable bonds is 11. The highest BCUT2D eigenvalue weighted by Crippen LogP contribution is 2.35.